The second-order valence-corrected chi connectivity index (χ2v) is 5.38. The number of nitrogens with zero attached hydrogens (tertiary/aromatic N) is 2. The van der Waals surface area contributed by atoms with Crippen molar-refractivity contribution in [2.24, 2.45) is 12.8 Å². The average Bonchev–Trinajstić information content (AvgIpc) is 3.03. The van der Waals surface area contributed by atoms with Crippen LogP contribution in [0.2, 0.25) is 0 Å². The van der Waals surface area contributed by atoms with Crippen molar-refractivity contribution in [1.82, 2.24) is 15.1 Å². The highest BCUT2D eigenvalue weighted by Crippen LogP contribution is 2.31. The lowest BCUT2D eigenvalue weighted by Crippen LogP contribution is -2.39. The van der Waals surface area contributed by atoms with Crippen molar-refractivity contribution < 1.29 is 9.90 Å². The first-order valence-electron chi connectivity index (χ1n) is 6.86. The fraction of sp³-hybridized carbons (Fsp3) is 0.333. The summed E-state index contributed by atoms with van der Waals surface area (Å²) in [7, 11) is 1.77. The van der Waals surface area contributed by atoms with Crippen LogP contribution in [0, 0.1) is 0 Å². The van der Waals surface area contributed by atoms with Gasteiger partial charge in [-0.05, 0) is 11.1 Å². The minimum atomic E-state index is -0.793. The first kappa shape index (κ1) is 13.8. The molecule has 110 valence electrons. The van der Waals surface area contributed by atoms with E-state index in [-0.39, 0.29) is 5.91 Å². The van der Waals surface area contributed by atoms with Gasteiger partial charge >= 0.3 is 0 Å². The summed E-state index contributed by atoms with van der Waals surface area (Å²) in [6.45, 7) is 0. The van der Waals surface area contributed by atoms with Crippen LogP contribution < -0.4 is 11.1 Å². The third kappa shape index (κ3) is 2.55. The topological polar surface area (TPSA) is 93.2 Å². The van der Waals surface area contributed by atoms with Gasteiger partial charge in [-0.3, -0.25) is 9.48 Å². The predicted octanol–water partition coefficient (Wildman–Crippen LogP) is 0.194. The number of amides is 1. The molecular weight excluding hydrogens is 268 g/mol. The Morgan fingerprint density at radius 2 is 2.29 bits per heavy atom. The van der Waals surface area contributed by atoms with Crippen molar-refractivity contribution in [3.05, 3.63) is 53.3 Å². The summed E-state index contributed by atoms with van der Waals surface area (Å²) < 4.78 is 1.60. The van der Waals surface area contributed by atoms with Crippen LogP contribution in [0.5, 0.6) is 0 Å². The number of aryl methyl sites for hydroxylation is 1. The molecule has 0 bridgehead atoms. The lowest BCUT2D eigenvalue weighted by atomic mass is 10.1. The number of rotatable bonds is 3. The largest absolute Gasteiger partial charge is 0.390 e. The molecule has 0 spiro atoms. The zero-order valence-electron chi connectivity index (χ0n) is 11.7. The molecule has 1 aromatic heterocycles. The summed E-state index contributed by atoms with van der Waals surface area (Å²) >= 11 is 0. The van der Waals surface area contributed by atoms with Crippen LogP contribution in [0.3, 0.4) is 0 Å². The van der Waals surface area contributed by atoms with Crippen molar-refractivity contribution in [3.8, 4) is 0 Å². The van der Waals surface area contributed by atoms with Gasteiger partial charge < -0.3 is 16.2 Å². The SMILES string of the molecule is Cn1cc(C(N)C(=O)N[C@H]2c3ccccc3C[C@H]2O)cn1. The van der Waals surface area contributed by atoms with Gasteiger partial charge in [-0.1, -0.05) is 24.3 Å². The zero-order chi connectivity index (χ0) is 15.0. The van der Waals surface area contributed by atoms with Gasteiger partial charge in [-0.15, -0.1) is 0 Å². The molecule has 1 aromatic carbocycles. The molecule has 1 aliphatic rings. The van der Waals surface area contributed by atoms with Crippen LogP contribution in [0.4, 0.5) is 0 Å². The fourth-order valence-electron chi connectivity index (χ4n) is 2.74. The molecule has 0 fully saturated rings. The van der Waals surface area contributed by atoms with Gasteiger partial charge in [0, 0.05) is 25.2 Å². The molecule has 21 heavy (non-hydrogen) atoms. The average molecular weight is 286 g/mol. The summed E-state index contributed by atoms with van der Waals surface area (Å²) in [6, 6.07) is 6.52. The highest BCUT2D eigenvalue weighted by atomic mass is 16.3. The number of carbonyl (C=O) groups is 1. The molecular formula is C15H18N4O2. The Morgan fingerprint density at radius 3 is 3.00 bits per heavy atom. The Balaban J connectivity index is 1.76. The summed E-state index contributed by atoms with van der Waals surface area (Å²) in [5.41, 5.74) is 8.61. The van der Waals surface area contributed by atoms with E-state index in [9.17, 15) is 9.90 Å². The van der Waals surface area contributed by atoms with Gasteiger partial charge in [0.1, 0.15) is 6.04 Å². The molecule has 4 N–H and O–H groups in total. The van der Waals surface area contributed by atoms with Crippen LogP contribution in [-0.2, 0) is 18.3 Å². The van der Waals surface area contributed by atoms with Crippen molar-refractivity contribution >= 4 is 5.91 Å². The molecule has 3 rings (SSSR count). The van der Waals surface area contributed by atoms with E-state index in [1.165, 1.54) is 0 Å². The number of aromatic nitrogens is 2. The van der Waals surface area contributed by atoms with Crippen molar-refractivity contribution in [1.29, 1.82) is 0 Å². The number of nitrogens with two attached hydrogens (primary N) is 1. The number of benzene rings is 1. The van der Waals surface area contributed by atoms with E-state index in [2.05, 4.69) is 10.4 Å². The van der Waals surface area contributed by atoms with E-state index in [0.717, 1.165) is 11.1 Å². The summed E-state index contributed by atoms with van der Waals surface area (Å²) in [6.07, 6.45) is 3.21. The second kappa shape index (κ2) is 5.31. The minimum Gasteiger partial charge on any atom is -0.390 e. The Morgan fingerprint density at radius 1 is 1.52 bits per heavy atom. The molecule has 0 aliphatic heterocycles. The molecule has 3 atom stereocenters. The molecule has 1 aliphatic carbocycles. The normalized spacial score (nSPS) is 21.9. The van der Waals surface area contributed by atoms with Crippen LogP contribution >= 0.6 is 0 Å². The van der Waals surface area contributed by atoms with Crippen LogP contribution in [0.15, 0.2) is 36.7 Å². The van der Waals surface area contributed by atoms with E-state index < -0.39 is 18.2 Å². The Labute approximate surface area is 122 Å². The lowest BCUT2D eigenvalue weighted by Gasteiger charge is -2.20. The lowest BCUT2D eigenvalue weighted by molar-refractivity contribution is -0.124. The minimum absolute atomic E-state index is 0.316. The van der Waals surface area contributed by atoms with E-state index in [1.54, 1.807) is 24.1 Å². The monoisotopic (exact) mass is 286 g/mol. The molecule has 1 heterocycles. The van der Waals surface area contributed by atoms with Crippen molar-refractivity contribution in [3.63, 3.8) is 0 Å². The first-order chi connectivity index (χ1) is 10.1. The number of fused-ring (bicyclic) bond motifs is 1. The fourth-order valence-corrected chi connectivity index (χ4v) is 2.74. The third-order valence-electron chi connectivity index (χ3n) is 3.87. The van der Waals surface area contributed by atoms with E-state index in [1.807, 2.05) is 24.3 Å². The highest BCUT2D eigenvalue weighted by molar-refractivity contribution is 5.83. The number of aliphatic hydroxyl groups is 1. The molecule has 1 amide bonds. The van der Waals surface area contributed by atoms with Gasteiger partial charge in [0.2, 0.25) is 5.91 Å². The maximum absolute atomic E-state index is 12.3. The van der Waals surface area contributed by atoms with Gasteiger partial charge in [0.25, 0.3) is 0 Å². The van der Waals surface area contributed by atoms with E-state index in [0.29, 0.717) is 12.0 Å². The predicted molar refractivity (Wildman–Crippen MR) is 77.2 cm³/mol. The van der Waals surface area contributed by atoms with Crippen molar-refractivity contribution in [2.45, 2.75) is 24.6 Å². The zero-order valence-corrected chi connectivity index (χ0v) is 11.7. The molecule has 6 nitrogen and oxygen atoms in total. The van der Waals surface area contributed by atoms with Gasteiger partial charge in [0.15, 0.2) is 0 Å². The molecule has 0 radical (unpaired) electrons. The van der Waals surface area contributed by atoms with Gasteiger partial charge in [-0.2, -0.15) is 5.10 Å². The third-order valence-corrected chi connectivity index (χ3v) is 3.87. The van der Waals surface area contributed by atoms with E-state index >= 15 is 0 Å². The number of aliphatic hydroxyl groups excluding tert-OH is 1. The quantitative estimate of drug-likeness (QED) is 0.751. The maximum atomic E-state index is 12.3. The first-order valence-corrected chi connectivity index (χ1v) is 6.86. The Bertz CT molecular complexity index is 667. The standard InChI is InChI=1S/C15H18N4O2/c1-19-8-10(7-17-19)13(16)15(21)18-14-11-5-3-2-4-9(11)6-12(14)20/h2-5,7-8,12-14,20H,6,16H2,1H3,(H,18,21)/t12-,13?,14+/m1/s1. The van der Waals surface area contributed by atoms with Crippen LogP contribution in [0.25, 0.3) is 0 Å². The summed E-state index contributed by atoms with van der Waals surface area (Å²) in [5.74, 6) is -0.316. The number of nitrogens with one attached hydrogen (secondary N) is 1. The number of hydrogen-bond donors (Lipinski definition) is 3. The van der Waals surface area contributed by atoms with Crippen LogP contribution in [-0.4, -0.2) is 26.9 Å². The molecule has 2 aromatic rings. The van der Waals surface area contributed by atoms with Crippen LogP contribution in [0.1, 0.15) is 28.8 Å². The van der Waals surface area contributed by atoms with Crippen molar-refractivity contribution in [2.75, 3.05) is 0 Å². The van der Waals surface area contributed by atoms with Gasteiger partial charge in [0.05, 0.1) is 18.3 Å². The molecule has 6 heteroatoms. The highest BCUT2D eigenvalue weighted by Gasteiger charge is 2.33. The Kier molecular flexibility index (Phi) is 3.48. The second-order valence-electron chi connectivity index (χ2n) is 5.38. The smallest absolute Gasteiger partial charge is 0.242 e. The summed E-state index contributed by atoms with van der Waals surface area (Å²) in [5, 5.41) is 17.0. The molecule has 0 saturated carbocycles. The Hall–Kier alpha value is -2.18. The van der Waals surface area contributed by atoms with E-state index in [4.69, 9.17) is 5.73 Å². The molecule has 1 unspecified atom stereocenters. The molecule has 0 saturated heterocycles. The number of carbonyl (C=O) groups excluding carboxylic acids is 1. The maximum Gasteiger partial charge on any atom is 0.242 e. The number of hydrogen-bond acceptors (Lipinski definition) is 4. The van der Waals surface area contributed by atoms with Gasteiger partial charge in [-0.25, -0.2) is 0 Å². The summed E-state index contributed by atoms with van der Waals surface area (Å²) in [4.78, 5) is 12.3.